The molecule has 5 atom stereocenters. The van der Waals surface area contributed by atoms with Gasteiger partial charge in [0.2, 0.25) is 0 Å². The first kappa shape index (κ1) is 17.3. The number of ether oxygens (including phenoxy) is 1. The molecule has 0 heterocycles. The van der Waals surface area contributed by atoms with Crippen molar-refractivity contribution >= 4 is 0 Å². The summed E-state index contributed by atoms with van der Waals surface area (Å²) in [6, 6.07) is 0.547. The molecule has 0 amide bonds. The smallest absolute Gasteiger partial charge is 0.0839 e. The van der Waals surface area contributed by atoms with Gasteiger partial charge in [0.25, 0.3) is 0 Å². The molecule has 0 radical (unpaired) electrons. The fraction of sp³-hybridized carbons (Fsp3) is 1.00. The molecule has 1 N–H and O–H groups in total. The van der Waals surface area contributed by atoms with Crippen molar-refractivity contribution < 1.29 is 4.74 Å². The predicted octanol–water partition coefficient (Wildman–Crippen LogP) is 4.78. The fourth-order valence-electron chi connectivity index (χ4n) is 5.38. The molecule has 0 spiro atoms. The maximum Gasteiger partial charge on any atom is 0.0839 e. The molecule has 0 aromatic rings. The number of hydrogen-bond acceptors (Lipinski definition) is 2. The largest absolute Gasteiger partial charge is 0.374 e. The molecule has 0 aromatic carbocycles. The Morgan fingerprint density at radius 3 is 2.52 bits per heavy atom. The summed E-state index contributed by atoms with van der Waals surface area (Å²) in [5.41, 5.74) is 0.0938. The van der Waals surface area contributed by atoms with Gasteiger partial charge < -0.3 is 10.1 Å². The summed E-state index contributed by atoms with van der Waals surface area (Å²) in [5.74, 6) is 2.51. The topological polar surface area (TPSA) is 21.3 Å². The van der Waals surface area contributed by atoms with Crippen LogP contribution in [-0.4, -0.2) is 25.3 Å². The summed E-state index contributed by atoms with van der Waals surface area (Å²) < 4.78 is 6.48. The standard InChI is InChI=1S/C19H37NO/c1-5-16-11-7-8-12-17(16)18(20-4)19(21-6-2)13-9-10-15(3)14-19/h15-18,20H,5-14H2,1-4H3. The van der Waals surface area contributed by atoms with Gasteiger partial charge in [-0.15, -0.1) is 0 Å². The highest BCUT2D eigenvalue weighted by molar-refractivity contribution is 5.01. The molecule has 0 aromatic heterocycles. The number of nitrogens with one attached hydrogen (secondary N) is 1. The van der Waals surface area contributed by atoms with E-state index in [0.717, 1.165) is 24.4 Å². The van der Waals surface area contributed by atoms with Crippen molar-refractivity contribution in [2.75, 3.05) is 13.7 Å². The Morgan fingerprint density at radius 2 is 1.90 bits per heavy atom. The third-order valence-corrected chi connectivity index (χ3v) is 6.22. The van der Waals surface area contributed by atoms with Crippen molar-refractivity contribution in [2.24, 2.45) is 17.8 Å². The zero-order chi connectivity index (χ0) is 15.3. The normalized spacial score (nSPS) is 39.1. The van der Waals surface area contributed by atoms with Gasteiger partial charge in [-0.25, -0.2) is 0 Å². The van der Waals surface area contributed by atoms with E-state index >= 15 is 0 Å². The lowest BCUT2D eigenvalue weighted by atomic mass is 9.64. The molecular weight excluding hydrogens is 258 g/mol. The van der Waals surface area contributed by atoms with E-state index in [1.807, 2.05) is 0 Å². The molecule has 5 unspecified atom stereocenters. The lowest BCUT2D eigenvalue weighted by Crippen LogP contribution is -2.59. The Kier molecular flexibility index (Phi) is 6.55. The third-order valence-electron chi connectivity index (χ3n) is 6.22. The molecule has 2 heteroatoms. The minimum atomic E-state index is 0.0938. The zero-order valence-corrected chi connectivity index (χ0v) is 14.8. The highest BCUT2D eigenvalue weighted by Crippen LogP contribution is 2.45. The van der Waals surface area contributed by atoms with Gasteiger partial charge in [-0.3, -0.25) is 0 Å². The van der Waals surface area contributed by atoms with Gasteiger partial charge in [0.15, 0.2) is 0 Å². The molecule has 2 aliphatic rings. The van der Waals surface area contributed by atoms with Gasteiger partial charge in [-0.2, -0.15) is 0 Å². The van der Waals surface area contributed by atoms with E-state index in [1.165, 1.54) is 57.8 Å². The van der Waals surface area contributed by atoms with Crippen LogP contribution in [0, 0.1) is 17.8 Å². The average molecular weight is 296 g/mol. The van der Waals surface area contributed by atoms with Gasteiger partial charge in [0, 0.05) is 12.6 Å². The van der Waals surface area contributed by atoms with E-state index in [0.29, 0.717) is 6.04 Å². The monoisotopic (exact) mass is 295 g/mol. The number of likely N-dealkylation sites (N-methyl/N-ethyl adjacent to an activating group) is 1. The van der Waals surface area contributed by atoms with Crippen molar-refractivity contribution in [2.45, 2.75) is 90.2 Å². The lowest BCUT2D eigenvalue weighted by molar-refractivity contribution is -0.119. The summed E-state index contributed by atoms with van der Waals surface area (Å²) in [6.07, 6.45) is 12.2. The first-order valence-corrected chi connectivity index (χ1v) is 9.48. The molecule has 2 nitrogen and oxygen atoms in total. The molecule has 2 saturated carbocycles. The number of hydrogen-bond donors (Lipinski definition) is 1. The first-order chi connectivity index (χ1) is 10.2. The van der Waals surface area contributed by atoms with E-state index < -0.39 is 0 Å². The van der Waals surface area contributed by atoms with Crippen LogP contribution in [0.3, 0.4) is 0 Å². The molecule has 2 fully saturated rings. The maximum absolute atomic E-state index is 6.48. The van der Waals surface area contributed by atoms with E-state index in [1.54, 1.807) is 0 Å². The van der Waals surface area contributed by atoms with Crippen LogP contribution in [-0.2, 0) is 4.74 Å². The molecule has 0 saturated heterocycles. The molecule has 21 heavy (non-hydrogen) atoms. The van der Waals surface area contributed by atoms with E-state index in [9.17, 15) is 0 Å². The number of rotatable bonds is 6. The Labute approximate surface area is 132 Å². The molecule has 2 rings (SSSR count). The fourth-order valence-corrected chi connectivity index (χ4v) is 5.38. The van der Waals surface area contributed by atoms with Gasteiger partial charge in [-0.05, 0) is 51.0 Å². The summed E-state index contributed by atoms with van der Waals surface area (Å²) in [7, 11) is 2.17. The van der Waals surface area contributed by atoms with Crippen LogP contribution >= 0.6 is 0 Å². The lowest BCUT2D eigenvalue weighted by Gasteiger charge is -2.50. The van der Waals surface area contributed by atoms with Crippen molar-refractivity contribution in [1.29, 1.82) is 0 Å². The van der Waals surface area contributed by atoms with E-state index in [-0.39, 0.29) is 5.60 Å². The average Bonchev–Trinajstić information content (AvgIpc) is 2.48. The van der Waals surface area contributed by atoms with E-state index in [4.69, 9.17) is 4.74 Å². The Morgan fingerprint density at radius 1 is 1.14 bits per heavy atom. The van der Waals surface area contributed by atoms with Crippen LogP contribution in [0.1, 0.15) is 78.6 Å². The molecule has 124 valence electrons. The highest BCUT2D eigenvalue weighted by Gasteiger charge is 2.47. The van der Waals surface area contributed by atoms with Gasteiger partial charge in [0.1, 0.15) is 0 Å². The minimum absolute atomic E-state index is 0.0938. The first-order valence-electron chi connectivity index (χ1n) is 9.48. The van der Waals surface area contributed by atoms with Crippen LogP contribution in [0.15, 0.2) is 0 Å². The van der Waals surface area contributed by atoms with Crippen molar-refractivity contribution in [3.8, 4) is 0 Å². The molecule has 0 aliphatic heterocycles. The summed E-state index contributed by atoms with van der Waals surface area (Å²) >= 11 is 0. The van der Waals surface area contributed by atoms with Gasteiger partial charge in [-0.1, -0.05) is 52.4 Å². The quantitative estimate of drug-likeness (QED) is 0.761. The Bertz CT molecular complexity index is 302. The summed E-state index contributed by atoms with van der Waals surface area (Å²) in [6.45, 7) is 7.82. The predicted molar refractivity (Wildman–Crippen MR) is 90.6 cm³/mol. The summed E-state index contributed by atoms with van der Waals surface area (Å²) in [4.78, 5) is 0. The van der Waals surface area contributed by atoms with Crippen LogP contribution in [0.2, 0.25) is 0 Å². The third kappa shape index (κ3) is 3.82. The summed E-state index contributed by atoms with van der Waals surface area (Å²) in [5, 5.41) is 3.73. The Hall–Kier alpha value is -0.0800. The van der Waals surface area contributed by atoms with Crippen molar-refractivity contribution in [3.05, 3.63) is 0 Å². The van der Waals surface area contributed by atoms with Crippen LogP contribution in [0.25, 0.3) is 0 Å². The van der Waals surface area contributed by atoms with Crippen LogP contribution in [0.4, 0.5) is 0 Å². The molecular formula is C19H37NO. The van der Waals surface area contributed by atoms with Gasteiger partial charge >= 0.3 is 0 Å². The molecule has 0 bridgehead atoms. The second-order valence-electron chi connectivity index (χ2n) is 7.58. The van der Waals surface area contributed by atoms with Crippen molar-refractivity contribution in [3.63, 3.8) is 0 Å². The second kappa shape index (κ2) is 7.97. The van der Waals surface area contributed by atoms with Crippen molar-refractivity contribution in [1.82, 2.24) is 5.32 Å². The molecule has 2 aliphatic carbocycles. The van der Waals surface area contributed by atoms with Crippen LogP contribution < -0.4 is 5.32 Å². The van der Waals surface area contributed by atoms with Crippen LogP contribution in [0.5, 0.6) is 0 Å². The maximum atomic E-state index is 6.48. The van der Waals surface area contributed by atoms with Gasteiger partial charge in [0.05, 0.1) is 5.60 Å². The SMILES string of the molecule is CCOC1(C(NC)C2CCCCC2CC)CCCC(C)C1. The minimum Gasteiger partial charge on any atom is -0.374 e. The Balaban J connectivity index is 2.21. The van der Waals surface area contributed by atoms with E-state index in [2.05, 4.69) is 33.1 Å². The second-order valence-corrected chi connectivity index (χ2v) is 7.58. The highest BCUT2D eigenvalue weighted by atomic mass is 16.5. The zero-order valence-electron chi connectivity index (χ0n) is 14.8.